The number of rotatable bonds is 4. The van der Waals surface area contributed by atoms with E-state index >= 15 is 0 Å². The van der Waals surface area contributed by atoms with Crippen LogP contribution in [0.15, 0.2) is 0 Å². The molecule has 0 radical (unpaired) electrons. The predicted molar refractivity (Wildman–Crippen MR) is 38.0 cm³/mol. The topological polar surface area (TPSA) is 35.2 Å². The summed E-state index contributed by atoms with van der Waals surface area (Å²) in [7, 11) is 0. The Labute approximate surface area is 56.8 Å². The smallest absolute Gasteiger partial charge is 0.0678 e. The van der Waals surface area contributed by atoms with Gasteiger partial charge in [0.15, 0.2) is 0 Å². The van der Waals surface area contributed by atoms with E-state index in [0.29, 0.717) is 6.61 Å². The molecule has 0 heterocycles. The zero-order valence-corrected chi connectivity index (χ0v) is 13.2. The van der Waals surface area contributed by atoms with Crippen LogP contribution in [0.1, 0.15) is 12.8 Å². The standard InChI is InChI=1S/C4H11NOS.CH3.Db/c5-6-3-1-2-4-7;;/h7H,1-5H2;1H3;/q;-1;/p-1. The fourth-order valence-electron chi connectivity index (χ4n) is 0.287. The monoisotopic (exact) mass is 403 g/mol. The summed E-state index contributed by atoms with van der Waals surface area (Å²) in [5.41, 5.74) is 0. The van der Waals surface area contributed by atoms with E-state index in [1.807, 2.05) is 0 Å². The molecule has 0 fully saturated rings. The zero-order valence-electron chi connectivity index (χ0n) is 5.93. The van der Waals surface area contributed by atoms with E-state index in [2.05, 4.69) is 17.5 Å². The van der Waals surface area contributed by atoms with E-state index in [1.54, 1.807) is 0 Å². The van der Waals surface area contributed by atoms with Gasteiger partial charge in [-0.05, 0) is 6.42 Å². The molecule has 2 N–H and O–H groups in total. The van der Waals surface area contributed by atoms with E-state index in [4.69, 9.17) is 5.90 Å². The van der Waals surface area contributed by atoms with Gasteiger partial charge in [0.05, 0.1) is 6.61 Å². The van der Waals surface area contributed by atoms with Gasteiger partial charge < -0.3 is 24.9 Å². The van der Waals surface area contributed by atoms with Crippen LogP contribution in [0.25, 0.3) is 0 Å². The van der Waals surface area contributed by atoms with Crippen molar-refractivity contribution < 1.29 is 4.84 Å². The molecule has 9 heavy (non-hydrogen) atoms. The molecule has 0 aliphatic carbocycles. The molecule has 4 heteroatoms. The Bertz CT molecular complexity index is 36.1. The SMILES string of the molecule is NOCCCC[S-].[CH3-].[Db]. The van der Waals surface area contributed by atoms with Crippen molar-refractivity contribution in [2.45, 2.75) is 12.8 Å². The van der Waals surface area contributed by atoms with Crippen LogP contribution in [0, 0.1) is 7.43 Å². The van der Waals surface area contributed by atoms with Gasteiger partial charge in [-0.25, -0.2) is 5.90 Å². The van der Waals surface area contributed by atoms with Crippen LogP contribution in [0.5, 0.6) is 0 Å². The second kappa shape index (κ2) is 15.7. The van der Waals surface area contributed by atoms with E-state index in [1.165, 1.54) is 0 Å². The Morgan fingerprint density at radius 3 is 2.22 bits per heavy atom. The van der Waals surface area contributed by atoms with Crippen LogP contribution in [0.2, 0.25) is 0 Å². The number of nitrogens with two attached hydrogens (primary N) is 1. The van der Waals surface area contributed by atoms with Gasteiger partial charge in [0, 0.05) is 0 Å². The van der Waals surface area contributed by atoms with E-state index in [-0.39, 0.29) is 7.43 Å². The summed E-state index contributed by atoms with van der Waals surface area (Å²) in [5.74, 6) is 5.54. The first-order valence-electron chi connectivity index (χ1n) is 2.31. The van der Waals surface area contributed by atoms with Gasteiger partial charge in [-0.3, -0.25) is 0 Å². The van der Waals surface area contributed by atoms with Crippen molar-refractivity contribution in [3.8, 4) is 0 Å². The fourth-order valence-corrected chi connectivity index (χ4v) is 0.492. The van der Waals surface area contributed by atoms with Crippen LogP contribution in [-0.2, 0) is 17.5 Å². The van der Waals surface area contributed by atoms with Crippen LogP contribution < -0.4 is 5.90 Å². The van der Waals surface area contributed by atoms with Gasteiger partial charge in [0.2, 0.25) is 0 Å². The number of hydrogen-bond donors (Lipinski definition) is 1. The molecular formula is C5H13DbNOS-2. The maximum absolute atomic E-state index is 4.74. The molecule has 0 saturated carbocycles. The van der Waals surface area contributed by atoms with Crippen molar-refractivity contribution in [1.29, 1.82) is 0 Å². The Balaban J connectivity index is -0.000000180. The van der Waals surface area contributed by atoms with Gasteiger partial charge >= 0.3 is 0 Å². The molecule has 0 rings (SSSR count). The Kier molecular flexibility index (Phi) is 27.4. The molecule has 0 aromatic heterocycles. The van der Waals surface area contributed by atoms with E-state index in [9.17, 15) is 0 Å². The van der Waals surface area contributed by atoms with Gasteiger partial charge in [0.25, 0.3) is 0 Å². The molecule has 0 saturated heterocycles. The Hall–Kier alpha value is -0.730. The molecule has 0 aromatic carbocycles. The van der Waals surface area contributed by atoms with Crippen molar-refractivity contribution in [2.24, 2.45) is 5.90 Å². The molecule has 0 aliphatic heterocycles. The first-order chi connectivity index (χ1) is 3.41. The zero-order chi connectivity index (χ0) is 5.54. The second-order valence-corrected chi connectivity index (χ2v) is 1.69. The van der Waals surface area contributed by atoms with Crippen LogP contribution in [-0.4, -0.2) is 12.4 Å². The van der Waals surface area contributed by atoms with Gasteiger partial charge in [-0.2, -0.15) is 5.75 Å². The van der Waals surface area contributed by atoms with Crippen molar-refractivity contribution in [3.05, 3.63) is 7.43 Å². The molecule has 0 aliphatic rings. The minimum atomic E-state index is 0. The van der Waals surface area contributed by atoms with Gasteiger partial charge in [-0.1, -0.05) is 6.42 Å². The van der Waals surface area contributed by atoms with Gasteiger partial charge in [-0.15, -0.1) is 0 Å². The predicted octanol–water partition coefficient (Wildman–Crippen LogP) is 0.654. The van der Waals surface area contributed by atoms with E-state index in [0.717, 1.165) is 18.6 Å². The summed E-state index contributed by atoms with van der Waals surface area (Å²) in [6.45, 7) is 0.636. The molecule has 0 unspecified atom stereocenters. The Morgan fingerprint density at radius 2 is 1.89 bits per heavy atom. The first-order valence-corrected chi connectivity index (χ1v) is 2.89. The quantitative estimate of drug-likeness (QED) is 0.324. The van der Waals surface area contributed by atoms with Crippen LogP contribution in [0.4, 0.5) is 0 Å². The summed E-state index contributed by atoms with van der Waals surface area (Å²) in [6.07, 6.45) is 2.02. The molecule has 0 atom stereocenters. The minimum Gasteiger partial charge on any atom is -0.793 e. The van der Waals surface area contributed by atoms with Crippen molar-refractivity contribution >= 4 is 12.6 Å². The Morgan fingerprint density at radius 1 is 1.33 bits per heavy atom. The van der Waals surface area contributed by atoms with Crippen LogP contribution in [0.3, 0.4) is 0 Å². The molecule has 2 nitrogen and oxygen atoms in total. The molecule has 0 spiro atoms. The van der Waals surface area contributed by atoms with Crippen molar-refractivity contribution in [1.82, 2.24) is 0 Å². The average Bonchev–Trinajstić information content (AvgIpc) is 1.69. The normalized spacial score (nSPS) is 7.33. The summed E-state index contributed by atoms with van der Waals surface area (Å²) in [6, 6.07) is 0. The van der Waals surface area contributed by atoms with Crippen molar-refractivity contribution in [2.75, 3.05) is 12.4 Å². The number of unbranched alkanes of at least 4 members (excludes halogenated alkanes) is 1. The fraction of sp³-hybridized carbons (Fsp3) is 0.800. The maximum atomic E-state index is 4.74. The number of hydrogen-bond acceptors (Lipinski definition) is 3. The first kappa shape index (κ1) is 15.7. The largest absolute Gasteiger partial charge is 0.793 e. The van der Waals surface area contributed by atoms with Gasteiger partial charge in [0.1, 0.15) is 0 Å². The summed E-state index contributed by atoms with van der Waals surface area (Å²) < 4.78 is 0. The third-order valence-corrected chi connectivity index (χ3v) is 0.945. The second-order valence-electron chi connectivity index (χ2n) is 1.28. The summed E-state index contributed by atoms with van der Waals surface area (Å²) in [4.78, 5) is 4.30. The van der Waals surface area contributed by atoms with Crippen molar-refractivity contribution in [3.63, 3.8) is 0 Å². The summed E-state index contributed by atoms with van der Waals surface area (Å²) in [5, 5.41) is 0. The summed E-state index contributed by atoms with van der Waals surface area (Å²) >= 11 is 4.67. The van der Waals surface area contributed by atoms with E-state index < -0.39 is 0 Å². The molecule has 0 bridgehead atoms. The molecular weight excluding hydrogens is 390 g/mol. The average molecular weight is 403 g/mol. The third kappa shape index (κ3) is 18.9. The molecule has 0 aromatic rings. The minimum absolute atomic E-state index is 0. The maximum Gasteiger partial charge on any atom is 0.0678 e. The third-order valence-electron chi connectivity index (χ3n) is 0.657. The molecule has 54 valence electrons. The molecule has 0 amide bonds. The van der Waals surface area contributed by atoms with Crippen LogP contribution >= 0.6 is 0 Å².